The van der Waals surface area contributed by atoms with Gasteiger partial charge >= 0.3 is 6.03 Å². The minimum atomic E-state index is -3.48. The molecule has 1 aliphatic carbocycles. The molecule has 0 aromatic heterocycles. The average molecular weight is 367 g/mol. The summed E-state index contributed by atoms with van der Waals surface area (Å²) in [6.45, 7) is 1.94. The van der Waals surface area contributed by atoms with Gasteiger partial charge in [-0.1, -0.05) is 18.2 Å². The van der Waals surface area contributed by atoms with Gasteiger partial charge in [0.15, 0.2) is 6.54 Å². The zero-order chi connectivity index (χ0) is 17.9. The summed E-state index contributed by atoms with van der Waals surface area (Å²) >= 11 is 0. The first-order chi connectivity index (χ1) is 11.9. The average Bonchev–Trinajstić information content (AvgIpc) is 3.39. The van der Waals surface area contributed by atoms with E-state index in [2.05, 4.69) is 10.6 Å². The molecule has 1 saturated heterocycles. The standard InChI is InChI=1S/C16H22N4O4S/c21-15(18-16(22)17-13-6-7-13)12-19-8-10-20(11-9-19)25(23,24)14-4-2-1-3-5-14/h1-5,13H,6-12H2,(H2,17,18,21,22)/p+1. The number of carbonyl (C=O) groups is 2. The zero-order valence-electron chi connectivity index (χ0n) is 13.9. The molecule has 2 fully saturated rings. The molecule has 1 aromatic carbocycles. The van der Waals surface area contributed by atoms with Crippen molar-refractivity contribution in [3.8, 4) is 0 Å². The predicted octanol–water partition coefficient (Wildman–Crippen LogP) is -1.44. The van der Waals surface area contributed by atoms with Crippen LogP contribution in [0.15, 0.2) is 35.2 Å². The Morgan fingerprint density at radius 2 is 1.76 bits per heavy atom. The number of sulfonamides is 1. The first kappa shape index (κ1) is 17.8. The quantitative estimate of drug-likeness (QED) is 0.594. The van der Waals surface area contributed by atoms with Crippen LogP contribution in [-0.4, -0.2) is 63.4 Å². The molecular formula is C16H23N4O4S+. The van der Waals surface area contributed by atoms with Gasteiger partial charge in [-0.3, -0.25) is 10.1 Å². The Bertz CT molecular complexity index is 726. The van der Waals surface area contributed by atoms with Gasteiger partial charge in [-0.2, -0.15) is 4.31 Å². The van der Waals surface area contributed by atoms with Gasteiger partial charge in [0.1, 0.15) is 0 Å². The SMILES string of the molecule is O=C(C[NH+]1CCN(S(=O)(=O)c2ccccc2)CC1)NC(=O)NC1CC1. The van der Waals surface area contributed by atoms with Crippen LogP contribution in [0, 0.1) is 0 Å². The Morgan fingerprint density at radius 1 is 1.12 bits per heavy atom. The van der Waals surface area contributed by atoms with Crippen molar-refractivity contribution in [1.29, 1.82) is 0 Å². The molecule has 9 heteroatoms. The molecule has 1 saturated carbocycles. The van der Waals surface area contributed by atoms with Crippen LogP contribution in [0.25, 0.3) is 0 Å². The molecule has 0 unspecified atom stereocenters. The summed E-state index contributed by atoms with van der Waals surface area (Å²) < 4.78 is 26.6. The van der Waals surface area contributed by atoms with Gasteiger partial charge in [0.2, 0.25) is 10.0 Å². The number of nitrogens with zero attached hydrogens (tertiary/aromatic N) is 1. The molecule has 25 heavy (non-hydrogen) atoms. The van der Waals surface area contributed by atoms with E-state index in [-0.39, 0.29) is 23.4 Å². The van der Waals surface area contributed by atoms with Crippen molar-refractivity contribution in [2.75, 3.05) is 32.7 Å². The largest absolute Gasteiger partial charge is 0.335 e. The molecule has 3 rings (SSSR count). The second-order valence-electron chi connectivity index (χ2n) is 6.44. The summed E-state index contributed by atoms with van der Waals surface area (Å²) in [5.74, 6) is -0.340. The molecule has 0 bridgehead atoms. The van der Waals surface area contributed by atoms with Crippen molar-refractivity contribution < 1.29 is 22.9 Å². The highest BCUT2D eigenvalue weighted by Gasteiger charge is 2.31. The monoisotopic (exact) mass is 367 g/mol. The summed E-state index contributed by atoms with van der Waals surface area (Å²) in [4.78, 5) is 24.7. The normalized spacial score (nSPS) is 19.4. The highest BCUT2D eigenvalue weighted by Crippen LogP contribution is 2.18. The number of quaternary nitrogens is 1. The third-order valence-corrected chi connectivity index (χ3v) is 6.30. The van der Waals surface area contributed by atoms with Crippen molar-refractivity contribution in [3.63, 3.8) is 0 Å². The van der Waals surface area contributed by atoms with Crippen LogP contribution >= 0.6 is 0 Å². The summed E-state index contributed by atoms with van der Waals surface area (Å²) in [5, 5.41) is 5.02. The predicted molar refractivity (Wildman–Crippen MR) is 90.5 cm³/mol. The Labute approximate surface area is 147 Å². The van der Waals surface area contributed by atoms with Crippen LogP contribution in [0.5, 0.6) is 0 Å². The number of rotatable bonds is 5. The minimum absolute atomic E-state index is 0.164. The first-order valence-electron chi connectivity index (χ1n) is 8.44. The number of benzene rings is 1. The number of piperazine rings is 1. The molecule has 1 heterocycles. The maximum Gasteiger partial charge on any atom is 0.321 e. The van der Waals surface area contributed by atoms with Crippen LogP contribution in [0.1, 0.15) is 12.8 Å². The summed E-state index contributed by atoms with van der Waals surface area (Å²) in [5.41, 5.74) is 0. The van der Waals surface area contributed by atoms with Gasteiger partial charge in [0.05, 0.1) is 31.1 Å². The van der Waals surface area contributed by atoms with E-state index in [0.717, 1.165) is 17.7 Å². The molecule has 3 N–H and O–H groups in total. The maximum absolute atomic E-state index is 12.6. The van der Waals surface area contributed by atoms with E-state index in [1.165, 1.54) is 4.31 Å². The molecule has 136 valence electrons. The molecule has 0 radical (unpaired) electrons. The fraction of sp³-hybridized carbons (Fsp3) is 0.500. The van der Waals surface area contributed by atoms with Crippen molar-refractivity contribution in [2.45, 2.75) is 23.8 Å². The van der Waals surface area contributed by atoms with E-state index in [9.17, 15) is 18.0 Å². The lowest BCUT2D eigenvalue weighted by Gasteiger charge is -2.31. The van der Waals surface area contributed by atoms with E-state index >= 15 is 0 Å². The summed E-state index contributed by atoms with van der Waals surface area (Å²) in [7, 11) is -3.48. The van der Waals surface area contributed by atoms with Crippen LogP contribution in [0.2, 0.25) is 0 Å². The van der Waals surface area contributed by atoms with E-state index in [4.69, 9.17) is 0 Å². The van der Waals surface area contributed by atoms with Crippen molar-refractivity contribution in [3.05, 3.63) is 30.3 Å². The molecule has 2 aliphatic rings. The lowest BCUT2D eigenvalue weighted by molar-refractivity contribution is -0.895. The third kappa shape index (κ3) is 4.77. The smallest absolute Gasteiger partial charge is 0.321 e. The van der Waals surface area contributed by atoms with Gasteiger partial charge < -0.3 is 10.2 Å². The van der Waals surface area contributed by atoms with E-state index in [1.54, 1.807) is 30.3 Å². The Balaban J connectivity index is 1.46. The van der Waals surface area contributed by atoms with E-state index < -0.39 is 16.1 Å². The fourth-order valence-electron chi connectivity index (χ4n) is 2.81. The number of hydrogen-bond donors (Lipinski definition) is 3. The maximum atomic E-state index is 12.6. The van der Waals surface area contributed by atoms with Crippen LogP contribution in [-0.2, 0) is 14.8 Å². The number of nitrogens with one attached hydrogen (secondary N) is 3. The molecule has 0 spiro atoms. The van der Waals surface area contributed by atoms with Gasteiger partial charge in [-0.15, -0.1) is 0 Å². The Hall–Kier alpha value is -1.97. The molecule has 1 aromatic rings. The zero-order valence-corrected chi connectivity index (χ0v) is 14.7. The van der Waals surface area contributed by atoms with Crippen LogP contribution in [0.4, 0.5) is 4.79 Å². The number of urea groups is 1. The fourth-order valence-corrected chi connectivity index (χ4v) is 4.27. The number of imide groups is 1. The van der Waals surface area contributed by atoms with Crippen LogP contribution < -0.4 is 15.5 Å². The Morgan fingerprint density at radius 3 is 2.36 bits per heavy atom. The number of carbonyl (C=O) groups excluding carboxylic acids is 2. The molecule has 8 nitrogen and oxygen atoms in total. The van der Waals surface area contributed by atoms with Crippen LogP contribution in [0.3, 0.4) is 0 Å². The minimum Gasteiger partial charge on any atom is -0.335 e. The second kappa shape index (κ2) is 7.51. The molecule has 3 amide bonds. The summed E-state index contributed by atoms with van der Waals surface area (Å²) in [6.07, 6.45) is 1.93. The topological polar surface area (TPSA) is 100 Å². The molecule has 0 atom stereocenters. The lowest BCUT2D eigenvalue weighted by Crippen LogP contribution is -3.15. The van der Waals surface area contributed by atoms with Crippen molar-refractivity contribution in [1.82, 2.24) is 14.9 Å². The van der Waals surface area contributed by atoms with Crippen molar-refractivity contribution in [2.24, 2.45) is 0 Å². The van der Waals surface area contributed by atoms with Gasteiger partial charge in [-0.05, 0) is 25.0 Å². The van der Waals surface area contributed by atoms with Gasteiger partial charge in [0.25, 0.3) is 5.91 Å². The molecule has 1 aliphatic heterocycles. The van der Waals surface area contributed by atoms with Gasteiger partial charge in [-0.25, -0.2) is 13.2 Å². The van der Waals surface area contributed by atoms with E-state index in [1.807, 2.05) is 0 Å². The van der Waals surface area contributed by atoms with E-state index in [0.29, 0.717) is 26.2 Å². The Kier molecular flexibility index (Phi) is 5.36. The number of amides is 3. The molecular weight excluding hydrogens is 344 g/mol. The summed E-state index contributed by atoms with van der Waals surface area (Å²) in [6, 6.07) is 8.10. The highest BCUT2D eigenvalue weighted by molar-refractivity contribution is 7.89. The first-order valence-corrected chi connectivity index (χ1v) is 9.88. The lowest BCUT2D eigenvalue weighted by atomic mass is 10.3. The third-order valence-electron chi connectivity index (χ3n) is 4.39. The second-order valence-corrected chi connectivity index (χ2v) is 8.38. The highest BCUT2D eigenvalue weighted by atomic mass is 32.2. The van der Waals surface area contributed by atoms with Crippen molar-refractivity contribution >= 4 is 22.0 Å². The van der Waals surface area contributed by atoms with Gasteiger partial charge in [0, 0.05) is 6.04 Å². The number of hydrogen-bond acceptors (Lipinski definition) is 4.